The average molecular weight is 278 g/mol. The third-order valence-electron chi connectivity index (χ3n) is 4.64. The summed E-state index contributed by atoms with van der Waals surface area (Å²) < 4.78 is 10.6. The second-order valence-electron chi connectivity index (χ2n) is 5.75. The summed E-state index contributed by atoms with van der Waals surface area (Å²) in [5, 5.41) is 0. The van der Waals surface area contributed by atoms with E-state index >= 15 is 0 Å². The topological polar surface area (TPSA) is 44.2 Å². The molecule has 0 N–H and O–H groups in total. The second kappa shape index (κ2) is 6.91. The SMILES string of the molecule is CC[C@H](C)[C@@H]1CCCCC1c1nc(OC)cc(OC)n1. The van der Waals surface area contributed by atoms with E-state index < -0.39 is 0 Å². The van der Waals surface area contributed by atoms with Crippen LogP contribution in [-0.4, -0.2) is 24.2 Å². The molecular formula is C16H26N2O2. The van der Waals surface area contributed by atoms with Gasteiger partial charge in [-0.2, -0.15) is 9.97 Å². The molecule has 0 aromatic carbocycles. The van der Waals surface area contributed by atoms with E-state index in [0.29, 0.717) is 29.5 Å². The second-order valence-corrected chi connectivity index (χ2v) is 5.75. The van der Waals surface area contributed by atoms with Crippen LogP contribution in [0.15, 0.2) is 6.07 Å². The van der Waals surface area contributed by atoms with Crippen LogP contribution in [0.5, 0.6) is 11.8 Å². The summed E-state index contributed by atoms with van der Waals surface area (Å²) in [6, 6.07) is 1.74. The minimum Gasteiger partial charge on any atom is -0.481 e. The molecular weight excluding hydrogens is 252 g/mol. The molecule has 0 radical (unpaired) electrons. The number of hydrogen-bond acceptors (Lipinski definition) is 4. The van der Waals surface area contributed by atoms with Gasteiger partial charge in [-0.05, 0) is 24.7 Å². The van der Waals surface area contributed by atoms with Gasteiger partial charge >= 0.3 is 0 Å². The summed E-state index contributed by atoms with van der Waals surface area (Å²) >= 11 is 0. The van der Waals surface area contributed by atoms with E-state index in [4.69, 9.17) is 9.47 Å². The number of aromatic nitrogens is 2. The van der Waals surface area contributed by atoms with Crippen LogP contribution in [0.25, 0.3) is 0 Å². The van der Waals surface area contributed by atoms with Gasteiger partial charge < -0.3 is 9.47 Å². The number of methoxy groups -OCH3 is 2. The molecule has 1 heterocycles. The van der Waals surface area contributed by atoms with Gasteiger partial charge in [-0.25, -0.2) is 0 Å². The monoisotopic (exact) mass is 278 g/mol. The molecule has 1 saturated carbocycles. The molecule has 0 saturated heterocycles. The van der Waals surface area contributed by atoms with Crippen molar-refractivity contribution in [2.45, 2.75) is 51.9 Å². The minimum atomic E-state index is 0.433. The first kappa shape index (κ1) is 15.1. The van der Waals surface area contributed by atoms with Crippen molar-refractivity contribution in [3.05, 3.63) is 11.9 Å². The predicted molar refractivity (Wildman–Crippen MR) is 79.3 cm³/mol. The molecule has 1 aromatic rings. The van der Waals surface area contributed by atoms with Crippen LogP contribution in [0.1, 0.15) is 57.7 Å². The number of ether oxygens (including phenoxy) is 2. The van der Waals surface area contributed by atoms with Crippen molar-refractivity contribution in [2.24, 2.45) is 11.8 Å². The highest BCUT2D eigenvalue weighted by Gasteiger charge is 2.32. The zero-order chi connectivity index (χ0) is 14.5. The largest absolute Gasteiger partial charge is 0.481 e. The normalized spacial score (nSPS) is 24.2. The van der Waals surface area contributed by atoms with E-state index in [1.165, 1.54) is 32.1 Å². The van der Waals surface area contributed by atoms with Crippen LogP contribution in [-0.2, 0) is 0 Å². The van der Waals surface area contributed by atoms with Crippen molar-refractivity contribution < 1.29 is 9.47 Å². The Hall–Kier alpha value is -1.32. The Morgan fingerprint density at radius 2 is 1.75 bits per heavy atom. The zero-order valence-corrected chi connectivity index (χ0v) is 13.1. The average Bonchev–Trinajstić information content (AvgIpc) is 2.53. The Kier molecular flexibility index (Phi) is 5.21. The third kappa shape index (κ3) is 3.22. The van der Waals surface area contributed by atoms with Crippen LogP contribution in [0, 0.1) is 11.8 Å². The fourth-order valence-electron chi connectivity index (χ4n) is 3.26. The van der Waals surface area contributed by atoms with Crippen molar-refractivity contribution in [3.63, 3.8) is 0 Å². The molecule has 0 bridgehead atoms. The Balaban J connectivity index is 2.31. The molecule has 1 aliphatic carbocycles. The molecule has 1 aromatic heterocycles. The van der Waals surface area contributed by atoms with Crippen molar-refractivity contribution in [1.82, 2.24) is 9.97 Å². The predicted octanol–water partition coefficient (Wildman–Crippen LogP) is 3.81. The summed E-state index contributed by atoms with van der Waals surface area (Å²) in [6.07, 6.45) is 6.25. The van der Waals surface area contributed by atoms with Gasteiger partial charge in [-0.1, -0.05) is 33.1 Å². The maximum Gasteiger partial charge on any atom is 0.220 e. The van der Waals surface area contributed by atoms with Gasteiger partial charge in [0.05, 0.1) is 20.3 Å². The molecule has 1 unspecified atom stereocenters. The number of hydrogen-bond donors (Lipinski definition) is 0. The maximum atomic E-state index is 5.28. The molecule has 2 rings (SSSR count). The lowest BCUT2D eigenvalue weighted by Gasteiger charge is -2.34. The molecule has 0 amide bonds. The maximum absolute atomic E-state index is 5.28. The molecule has 1 fully saturated rings. The zero-order valence-electron chi connectivity index (χ0n) is 13.1. The lowest BCUT2D eigenvalue weighted by Crippen LogP contribution is -2.25. The van der Waals surface area contributed by atoms with E-state index in [2.05, 4.69) is 23.8 Å². The first-order chi connectivity index (χ1) is 9.69. The Morgan fingerprint density at radius 1 is 1.15 bits per heavy atom. The quantitative estimate of drug-likeness (QED) is 0.821. The number of rotatable bonds is 5. The molecule has 112 valence electrons. The fourth-order valence-corrected chi connectivity index (χ4v) is 3.26. The van der Waals surface area contributed by atoms with E-state index in [9.17, 15) is 0 Å². The first-order valence-electron chi connectivity index (χ1n) is 7.66. The summed E-state index contributed by atoms with van der Waals surface area (Å²) in [5.74, 6) is 3.90. The molecule has 20 heavy (non-hydrogen) atoms. The molecule has 0 aliphatic heterocycles. The standard InChI is InChI=1S/C16H26N2O2/c1-5-11(2)12-8-6-7-9-13(12)16-17-14(19-3)10-15(18-16)20-4/h10-13H,5-9H2,1-4H3/t11-,12-,13?/m0/s1. The van der Waals surface area contributed by atoms with E-state index in [0.717, 1.165) is 5.82 Å². The van der Waals surface area contributed by atoms with Gasteiger partial charge in [0, 0.05) is 5.92 Å². The molecule has 4 nitrogen and oxygen atoms in total. The van der Waals surface area contributed by atoms with Crippen LogP contribution in [0.4, 0.5) is 0 Å². The fraction of sp³-hybridized carbons (Fsp3) is 0.750. The van der Waals surface area contributed by atoms with Gasteiger partial charge in [-0.15, -0.1) is 0 Å². The van der Waals surface area contributed by atoms with Crippen LogP contribution in [0.3, 0.4) is 0 Å². The van der Waals surface area contributed by atoms with Crippen molar-refractivity contribution >= 4 is 0 Å². The highest BCUT2D eigenvalue weighted by molar-refractivity contribution is 5.22. The summed E-state index contributed by atoms with van der Waals surface area (Å²) in [4.78, 5) is 9.15. The Bertz CT molecular complexity index is 414. The molecule has 3 atom stereocenters. The summed E-state index contributed by atoms with van der Waals surface area (Å²) in [5.41, 5.74) is 0. The van der Waals surface area contributed by atoms with E-state index in [1.807, 2.05) is 0 Å². The third-order valence-corrected chi connectivity index (χ3v) is 4.64. The minimum absolute atomic E-state index is 0.433. The van der Waals surface area contributed by atoms with Gasteiger partial charge in [0.2, 0.25) is 11.8 Å². The van der Waals surface area contributed by atoms with Gasteiger partial charge in [-0.3, -0.25) is 0 Å². The van der Waals surface area contributed by atoms with Crippen molar-refractivity contribution in [3.8, 4) is 11.8 Å². The molecule has 0 spiro atoms. The Labute approximate surface area is 121 Å². The molecule has 1 aliphatic rings. The first-order valence-corrected chi connectivity index (χ1v) is 7.66. The highest BCUT2D eigenvalue weighted by atomic mass is 16.5. The molecule has 4 heteroatoms. The van der Waals surface area contributed by atoms with E-state index in [1.54, 1.807) is 20.3 Å². The van der Waals surface area contributed by atoms with Gasteiger partial charge in [0.25, 0.3) is 0 Å². The Morgan fingerprint density at radius 3 is 2.30 bits per heavy atom. The number of nitrogens with zero attached hydrogens (tertiary/aromatic N) is 2. The lowest BCUT2D eigenvalue weighted by atomic mass is 9.72. The van der Waals surface area contributed by atoms with Crippen LogP contribution < -0.4 is 9.47 Å². The van der Waals surface area contributed by atoms with Gasteiger partial charge in [0.15, 0.2) is 0 Å². The summed E-state index contributed by atoms with van der Waals surface area (Å²) in [7, 11) is 3.27. The van der Waals surface area contributed by atoms with Crippen LogP contribution >= 0.6 is 0 Å². The van der Waals surface area contributed by atoms with Crippen LogP contribution in [0.2, 0.25) is 0 Å². The van der Waals surface area contributed by atoms with Crippen molar-refractivity contribution in [2.75, 3.05) is 14.2 Å². The van der Waals surface area contributed by atoms with Gasteiger partial charge in [0.1, 0.15) is 5.82 Å². The van der Waals surface area contributed by atoms with Crippen molar-refractivity contribution in [1.29, 1.82) is 0 Å². The van der Waals surface area contributed by atoms with E-state index in [-0.39, 0.29) is 0 Å². The lowest BCUT2D eigenvalue weighted by molar-refractivity contribution is 0.211. The smallest absolute Gasteiger partial charge is 0.220 e. The summed E-state index contributed by atoms with van der Waals surface area (Å²) in [6.45, 7) is 4.61. The highest BCUT2D eigenvalue weighted by Crippen LogP contribution is 2.42.